The number of nitro groups is 1. The van der Waals surface area contributed by atoms with Crippen LogP contribution in [0.3, 0.4) is 0 Å². The molecule has 1 atom stereocenters. The van der Waals surface area contributed by atoms with E-state index in [1.54, 1.807) is 24.3 Å². The van der Waals surface area contributed by atoms with Crippen LogP contribution in [0.1, 0.15) is 16.7 Å². The predicted molar refractivity (Wildman–Crippen MR) is 90.4 cm³/mol. The fourth-order valence-corrected chi connectivity index (χ4v) is 2.90. The van der Waals surface area contributed by atoms with Crippen LogP contribution < -0.4 is 0 Å². The molecule has 0 radical (unpaired) electrons. The number of carbonyl (C=O) groups excluding carboxylic acids is 1. The third kappa shape index (κ3) is 3.64. The van der Waals surface area contributed by atoms with Gasteiger partial charge in [-0.25, -0.2) is 9.59 Å². The van der Waals surface area contributed by atoms with Crippen LogP contribution in [0, 0.1) is 10.1 Å². The maximum Gasteiger partial charge on any atom is 0.411 e. The summed E-state index contributed by atoms with van der Waals surface area (Å²) in [6.07, 6.45) is -0.693. The number of benzene rings is 2. The number of ether oxygens (including phenoxy) is 1. The van der Waals surface area contributed by atoms with E-state index in [4.69, 9.17) is 4.74 Å². The lowest BCUT2D eigenvalue weighted by atomic mass is 9.94. The van der Waals surface area contributed by atoms with E-state index < -0.39 is 23.0 Å². The zero-order valence-corrected chi connectivity index (χ0v) is 13.7. The van der Waals surface area contributed by atoms with E-state index in [-0.39, 0.29) is 25.3 Å². The molecule has 0 saturated carbocycles. The molecule has 3 rings (SSSR count). The lowest BCUT2D eigenvalue weighted by Gasteiger charge is -2.33. The summed E-state index contributed by atoms with van der Waals surface area (Å²) in [5, 5.41) is 20.4. The van der Waals surface area contributed by atoms with Gasteiger partial charge in [-0.3, -0.25) is 15.0 Å². The van der Waals surface area contributed by atoms with Gasteiger partial charge in [0.15, 0.2) is 0 Å². The van der Waals surface area contributed by atoms with Crippen molar-refractivity contribution in [2.45, 2.75) is 25.6 Å². The van der Waals surface area contributed by atoms with Crippen LogP contribution in [0.15, 0.2) is 48.5 Å². The zero-order chi connectivity index (χ0) is 18.7. The molecule has 1 aliphatic rings. The Morgan fingerprint density at radius 1 is 1.19 bits per heavy atom. The van der Waals surface area contributed by atoms with Gasteiger partial charge in [0.2, 0.25) is 0 Å². The summed E-state index contributed by atoms with van der Waals surface area (Å²) in [4.78, 5) is 35.5. The minimum Gasteiger partial charge on any atom is -0.480 e. The van der Waals surface area contributed by atoms with Crippen molar-refractivity contribution in [3.05, 3.63) is 75.3 Å². The molecule has 8 nitrogen and oxygen atoms in total. The standard InChI is InChI=1S/C18H16N2O6/c21-17(22)16-9-13-6-7-15(20(24)25)8-14(13)10-19(16)18(23)26-11-12-4-2-1-3-5-12/h1-8,16H,9-11H2,(H,21,22)/t16-/m1/s1. The highest BCUT2D eigenvalue weighted by Crippen LogP contribution is 2.27. The molecule has 0 aliphatic carbocycles. The fourth-order valence-electron chi connectivity index (χ4n) is 2.90. The average molecular weight is 356 g/mol. The van der Waals surface area contributed by atoms with Gasteiger partial charge in [-0.2, -0.15) is 0 Å². The van der Waals surface area contributed by atoms with Crippen LogP contribution >= 0.6 is 0 Å². The minimum absolute atomic E-state index is 0.0182. The number of rotatable bonds is 4. The highest BCUT2D eigenvalue weighted by Gasteiger charge is 2.36. The van der Waals surface area contributed by atoms with Crippen LogP contribution in [-0.2, 0) is 29.1 Å². The molecule has 26 heavy (non-hydrogen) atoms. The molecule has 0 saturated heterocycles. The monoisotopic (exact) mass is 356 g/mol. The first-order valence-corrected chi connectivity index (χ1v) is 7.92. The predicted octanol–water partition coefficient (Wildman–Crippen LogP) is 2.74. The van der Waals surface area contributed by atoms with Crippen molar-refractivity contribution in [1.29, 1.82) is 0 Å². The summed E-state index contributed by atoms with van der Waals surface area (Å²) < 4.78 is 5.23. The van der Waals surface area contributed by atoms with Crippen LogP contribution in [0.4, 0.5) is 10.5 Å². The van der Waals surface area contributed by atoms with Crippen molar-refractivity contribution in [3.8, 4) is 0 Å². The Morgan fingerprint density at radius 2 is 1.92 bits per heavy atom. The lowest BCUT2D eigenvalue weighted by molar-refractivity contribution is -0.385. The SMILES string of the molecule is O=C(O)[C@H]1Cc2ccc([N+](=O)[O-])cc2CN1C(=O)OCc1ccccc1. The second-order valence-electron chi connectivity index (χ2n) is 5.94. The number of fused-ring (bicyclic) bond motifs is 1. The molecule has 1 aliphatic heterocycles. The highest BCUT2D eigenvalue weighted by atomic mass is 16.6. The third-order valence-electron chi connectivity index (χ3n) is 4.26. The molecule has 0 fully saturated rings. The summed E-state index contributed by atoms with van der Waals surface area (Å²) >= 11 is 0. The van der Waals surface area contributed by atoms with E-state index in [0.717, 1.165) is 10.5 Å². The largest absolute Gasteiger partial charge is 0.480 e. The molecule has 1 amide bonds. The maximum absolute atomic E-state index is 12.4. The van der Waals surface area contributed by atoms with Crippen molar-refractivity contribution < 1.29 is 24.4 Å². The lowest BCUT2D eigenvalue weighted by Crippen LogP contribution is -2.48. The van der Waals surface area contributed by atoms with Gasteiger partial charge in [-0.1, -0.05) is 36.4 Å². The van der Waals surface area contributed by atoms with E-state index in [2.05, 4.69) is 0 Å². The normalized spacial score (nSPS) is 15.8. The van der Waals surface area contributed by atoms with E-state index in [0.29, 0.717) is 11.1 Å². The number of carboxylic acid groups (broad SMARTS) is 1. The molecule has 0 unspecified atom stereocenters. The van der Waals surface area contributed by atoms with Gasteiger partial charge >= 0.3 is 12.1 Å². The molecule has 0 bridgehead atoms. The van der Waals surface area contributed by atoms with Crippen molar-refractivity contribution in [2.75, 3.05) is 0 Å². The number of nitro benzene ring substituents is 1. The van der Waals surface area contributed by atoms with Crippen LogP contribution in [0.25, 0.3) is 0 Å². The zero-order valence-electron chi connectivity index (χ0n) is 13.7. The number of aliphatic carboxylic acids is 1. The van der Waals surface area contributed by atoms with Crippen molar-refractivity contribution >= 4 is 17.7 Å². The number of carboxylic acids is 1. The molecular formula is C18H16N2O6. The topological polar surface area (TPSA) is 110 Å². The number of amides is 1. The first kappa shape index (κ1) is 17.4. The van der Waals surface area contributed by atoms with Crippen molar-refractivity contribution in [1.82, 2.24) is 4.90 Å². The Balaban J connectivity index is 1.80. The van der Waals surface area contributed by atoms with Gasteiger partial charge in [0.25, 0.3) is 5.69 Å². The first-order valence-electron chi connectivity index (χ1n) is 7.92. The highest BCUT2D eigenvalue weighted by molar-refractivity contribution is 5.81. The van der Waals surface area contributed by atoms with Crippen LogP contribution in [0.2, 0.25) is 0 Å². The maximum atomic E-state index is 12.4. The Bertz CT molecular complexity index is 852. The summed E-state index contributed by atoms with van der Waals surface area (Å²) in [5.74, 6) is -1.15. The van der Waals surface area contributed by atoms with Gasteiger partial charge in [-0.05, 0) is 16.7 Å². The van der Waals surface area contributed by atoms with Gasteiger partial charge < -0.3 is 9.84 Å². The Labute approximate surface area is 148 Å². The second kappa shape index (κ2) is 7.22. The molecule has 2 aromatic carbocycles. The average Bonchev–Trinajstić information content (AvgIpc) is 2.65. The molecule has 0 aromatic heterocycles. The summed E-state index contributed by atoms with van der Waals surface area (Å²) in [6.45, 7) is -0.0358. The Hall–Kier alpha value is -3.42. The Kier molecular flexibility index (Phi) is 4.83. The van der Waals surface area contributed by atoms with Gasteiger partial charge in [0.05, 0.1) is 11.5 Å². The van der Waals surface area contributed by atoms with Gasteiger partial charge in [0, 0.05) is 18.6 Å². The quantitative estimate of drug-likeness (QED) is 0.666. The second-order valence-corrected chi connectivity index (χ2v) is 5.94. The van der Waals surface area contributed by atoms with Crippen LogP contribution in [0.5, 0.6) is 0 Å². The third-order valence-corrected chi connectivity index (χ3v) is 4.26. The molecule has 1 heterocycles. The minimum atomic E-state index is -1.15. The molecular weight excluding hydrogens is 340 g/mol. The van der Waals surface area contributed by atoms with E-state index in [1.807, 2.05) is 6.07 Å². The molecule has 134 valence electrons. The number of hydrogen-bond acceptors (Lipinski definition) is 5. The summed E-state index contributed by atoms with van der Waals surface area (Å²) in [7, 11) is 0. The molecule has 8 heteroatoms. The molecule has 1 N–H and O–H groups in total. The number of carbonyl (C=O) groups is 2. The van der Waals surface area contributed by atoms with E-state index in [9.17, 15) is 24.8 Å². The number of nitrogens with zero attached hydrogens (tertiary/aromatic N) is 2. The first-order chi connectivity index (χ1) is 12.5. The smallest absolute Gasteiger partial charge is 0.411 e. The Morgan fingerprint density at radius 3 is 2.58 bits per heavy atom. The number of non-ortho nitro benzene ring substituents is 1. The molecule has 2 aromatic rings. The van der Waals surface area contributed by atoms with Crippen molar-refractivity contribution in [3.63, 3.8) is 0 Å². The van der Waals surface area contributed by atoms with Crippen molar-refractivity contribution in [2.24, 2.45) is 0 Å². The van der Waals surface area contributed by atoms with E-state index >= 15 is 0 Å². The summed E-state index contributed by atoms with van der Waals surface area (Å²) in [6, 6.07) is 12.2. The van der Waals surface area contributed by atoms with Gasteiger partial charge in [-0.15, -0.1) is 0 Å². The fraction of sp³-hybridized carbons (Fsp3) is 0.222. The van der Waals surface area contributed by atoms with Crippen LogP contribution in [-0.4, -0.2) is 33.0 Å². The van der Waals surface area contributed by atoms with E-state index in [1.165, 1.54) is 18.2 Å². The molecule has 0 spiro atoms. The summed E-state index contributed by atoms with van der Waals surface area (Å²) in [5.41, 5.74) is 1.90. The van der Waals surface area contributed by atoms with Gasteiger partial charge in [0.1, 0.15) is 12.6 Å². The number of hydrogen-bond donors (Lipinski definition) is 1.